The maximum absolute atomic E-state index is 12.7. The molecule has 1 aliphatic heterocycles. The Labute approximate surface area is 111 Å². The first-order valence-corrected chi connectivity index (χ1v) is 7.53. The molecule has 104 valence electrons. The third-order valence-corrected chi connectivity index (χ3v) is 4.73. The van der Waals surface area contributed by atoms with Gasteiger partial charge < -0.3 is 10.6 Å². The summed E-state index contributed by atoms with van der Waals surface area (Å²) < 4.78 is 0. The number of carbonyl (C=O) groups excluding carboxylic acids is 1. The number of carbonyl (C=O) groups is 1. The number of piperidine rings is 1. The van der Waals surface area contributed by atoms with E-state index in [9.17, 15) is 4.79 Å². The molecule has 1 saturated heterocycles. The van der Waals surface area contributed by atoms with Crippen molar-refractivity contribution in [3.05, 3.63) is 0 Å². The molecular formula is C15H28N2O. The minimum Gasteiger partial charge on any atom is -0.339 e. The van der Waals surface area contributed by atoms with Crippen molar-refractivity contribution in [2.75, 3.05) is 6.54 Å². The van der Waals surface area contributed by atoms with Crippen molar-refractivity contribution < 1.29 is 4.79 Å². The molecule has 1 amide bonds. The van der Waals surface area contributed by atoms with Crippen LogP contribution in [0.1, 0.15) is 52.9 Å². The van der Waals surface area contributed by atoms with Crippen molar-refractivity contribution in [2.24, 2.45) is 23.5 Å². The van der Waals surface area contributed by atoms with Crippen molar-refractivity contribution >= 4 is 5.91 Å². The van der Waals surface area contributed by atoms with Gasteiger partial charge in [-0.25, -0.2) is 0 Å². The molecule has 1 heterocycles. The first-order valence-electron chi connectivity index (χ1n) is 7.53. The third kappa shape index (κ3) is 3.05. The highest BCUT2D eigenvalue weighted by atomic mass is 16.2. The molecule has 1 aliphatic carbocycles. The standard InChI is InChI=1S/C15H28N2O/c1-10-4-5-12(3)17(9-10)15(18)13-6-11(2)7-14(16)8-13/h10-14H,4-9,16H2,1-3H3. The van der Waals surface area contributed by atoms with Gasteiger partial charge in [0, 0.05) is 24.5 Å². The van der Waals surface area contributed by atoms with E-state index in [1.165, 1.54) is 6.42 Å². The first kappa shape index (κ1) is 13.9. The highest BCUT2D eigenvalue weighted by Gasteiger charge is 2.35. The van der Waals surface area contributed by atoms with Crippen LogP contribution in [0.4, 0.5) is 0 Å². The van der Waals surface area contributed by atoms with E-state index in [-0.39, 0.29) is 12.0 Å². The second-order valence-electron chi connectivity index (χ2n) is 6.79. The minimum atomic E-state index is 0.177. The van der Waals surface area contributed by atoms with Crippen molar-refractivity contribution in [3.63, 3.8) is 0 Å². The Morgan fingerprint density at radius 1 is 1.06 bits per heavy atom. The summed E-state index contributed by atoms with van der Waals surface area (Å²) >= 11 is 0. The van der Waals surface area contributed by atoms with Crippen LogP contribution in [0.5, 0.6) is 0 Å². The lowest BCUT2D eigenvalue weighted by Gasteiger charge is -2.41. The molecule has 5 unspecified atom stereocenters. The smallest absolute Gasteiger partial charge is 0.225 e. The predicted molar refractivity (Wildman–Crippen MR) is 74.1 cm³/mol. The summed E-state index contributed by atoms with van der Waals surface area (Å²) in [7, 11) is 0. The summed E-state index contributed by atoms with van der Waals surface area (Å²) in [5.41, 5.74) is 6.07. The van der Waals surface area contributed by atoms with Crippen molar-refractivity contribution in [3.8, 4) is 0 Å². The fraction of sp³-hybridized carbons (Fsp3) is 0.933. The average molecular weight is 252 g/mol. The summed E-state index contributed by atoms with van der Waals surface area (Å²) in [5.74, 6) is 1.80. The van der Waals surface area contributed by atoms with Gasteiger partial charge in [0.2, 0.25) is 5.91 Å². The molecule has 0 radical (unpaired) electrons. The Bertz CT molecular complexity index is 295. The zero-order chi connectivity index (χ0) is 13.3. The molecular weight excluding hydrogens is 224 g/mol. The fourth-order valence-electron chi connectivity index (χ4n) is 3.69. The Hall–Kier alpha value is -0.570. The molecule has 3 nitrogen and oxygen atoms in total. The Morgan fingerprint density at radius 2 is 1.78 bits per heavy atom. The highest BCUT2D eigenvalue weighted by Crippen LogP contribution is 2.32. The van der Waals surface area contributed by atoms with Gasteiger partial charge in [0.25, 0.3) is 0 Å². The van der Waals surface area contributed by atoms with Gasteiger partial charge in [-0.2, -0.15) is 0 Å². The van der Waals surface area contributed by atoms with Crippen LogP contribution in [-0.4, -0.2) is 29.4 Å². The Morgan fingerprint density at radius 3 is 2.44 bits per heavy atom. The van der Waals surface area contributed by atoms with Gasteiger partial charge in [0.05, 0.1) is 0 Å². The molecule has 2 N–H and O–H groups in total. The molecule has 2 fully saturated rings. The van der Waals surface area contributed by atoms with Crippen LogP contribution in [0.2, 0.25) is 0 Å². The number of nitrogens with zero attached hydrogens (tertiary/aromatic N) is 1. The van der Waals surface area contributed by atoms with E-state index in [1.807, 2.05) is 0 Å². The van der Waals surface area contributed by atoms with Crippen LogP contribution < -0.4 is 5.73 Å². The monoisotopic (exact) mass is 252 g/mol. The molecule has 0 spiro atoms. The molecule has 0 aromatic heterocycles. The van der Waals surface area contributed by atoms with Gasteiger partial charge in [-0.15, -0.1) is 0 Å². The molecule has 1 saturated carbocycles. The second kappa shape index (κ2) is 5.60. The van der Waals surface area contributed by atoms with E-state index in [4.69, 9.17) is 5.73 Å². The minimum absolute atomic E-state index is 0.177. The van der Waals surface area contributed by atoms with Gasteiger partial charge >= 0.3 is 0 Å². The zero-order valence-corrected chi connectivity index (χ0v) is 12.1. The topological polar surface area (TPSA) is 46.3 Å². The first-order chi connectivity index (χ1) is 8.47. The highest BCUT2D eigenvalue weighted by molar-refractivity contribution is 5.79. The van der Waals surface area contributed by atoms with Gasteiger partial charge in [-0.3, -0.25) is 4.79 Å². The quantitative estimate of drug-likeness (QED) is 0.779. The molecule has 3 heteroatoms. The summed E-state index contributed by atoms with van der Waals surface area (Å²) in [6.07, 6.45) is 5.41. The van der Waals surface area contributed by atoms with Gasteiger partial charge in [0.15, 0.2) is 0 Å². The summed E-state index contributed by atoms with van der Waals surface area (Å²) in [5, 5.41) is 0. The lowest BCUT2D eigenvalue weighted by molar-refractivity contribution is -0.141. The summed E-state index contributed by atoms with van der Waals surface area (Å²) in [4.78, 5) is 14.8. The molecule has 0 aromatic rings. The van der Waals surface area contributed by atoms with E-state index in [1.54, 1.807) is 0 Å². The molecule has 2 aliphatic rings. The summed E-state index contributed by atoms with van der Waals surface area (Å²) in [6.45, 7) is 7.61. The Kier molecular flexibility index (Phi) is 4.31. The van der Waals surface area contributed by atoms with Gasteiger partial charge in [-0.05, 0) is 50.9 Å². The molecule has 0 aromatic carbocycles. The number of nitrogens with two attached hydrogens (primary N) is 1. The maximum Gasteiger partial charge on any atom is 0.225 e. The molecule has 2 rings (SSSR count). The largest absolute Gasteiger partial charge is 0.339 e. The van der Waals surface area contributed by atoms with Crippen LogP contribution in [0.3, 0.4) is 0 Å². The van der Waals surface area contributed by atoms with E-state index >= 15 is 0 Å². The number of likely N-dealkylation sites (tertiary alicyclic amines) is 1. The molecule has 18 heavy (non-hydrogen) atoms. The van der Waals surface area contributed by atoms with E-state index in [2.05, 4.69) is 25.7 Å². The number of amides is 1. The number of hydrogen-bond acceptors (Lipinski definition) is 2. The molecule has 0 bridgehead atoms. The number of rotatable bonds is 1. The predicted octanol–water partition coefficient (Wildman–Crippen LogP) is 2.40. The fourth-order valence-corrected chi connectivity index (χ4v) is 3.69. The molecule has 5 atom stereocenters. The van der Waals surface area contributed by atoms with E-state index in [0.717, 1.165) is 32.2 Å². The van der Waals surface area contributed by atoms with Crippen LogP contribution in [0.25, 0.3) is 0 Å². The van der Waals surface area contributed by atoms with Crippen LogP contribution >= 0.6 is 0 Å². The van der Waals surface area contributed by atoms with Crippen LogP contribution in [0, 0.1) is 17.8 Å². The third-order valence-electron chi connectivity index (χ3n) is 4.73. The van der Waals surface area contributed by atoms with Crippen molar-refractivity contribution in [1.29, 1.82) is 0 Å². The number of hydrogen-bond donors (Lipinski definition) is 1. The van der Waals surface area contributed by atoms with Gasteiger partial charge in [-0.1, -0.05) is 13.8 Å². The van der Waals surface area contributed by atoms with Gasteiger partial charge in [0.1, 0.15) is 0 Å². The lowest BCUT2D eigenvalue weighted by Crippen LogP contribution is -2.49. The van der Waals surface area contributed by atoms with E-state index in [0.29, 0.717) is 23.8 Å². The Balaban J connectivity index is 2.01. The van der Waals surface area contributed by atoms with Crippen molar-refractivity contribution in [1.82, 2.24) is 4.90 Å². The summed E-state index contributed by atoms with van der Waals surface area (Å²) in [6, 6.07) is 0.641. The maximum atomic E-state index is 12.7. The second-order valence-corrected chi connectivity index (χ2v) is 6.79. The SMILES string of the molecule is CC1CC(N)CC(C(=O)N2CC(C)CCC2C)C1. The van der Waals surface area contributed by atoms with Crippen LogP contribution in [-0.2, 0) is 4.79 Å². The van der Waals surface area contributed by atoms with Crippen molar-refractivity contribution in [2.45, 2.75) is 65.0 Å². The normalized spacial score (nSPS) is 41.8. The van der Waals surface area contributed by atoms with E-state index < -0.39 is 0 Å². The average Bonchev–Trinajstić information content (AvgIpc) is 2.30. The lowest BCUT2D eigenvalue weighted by atomic mass is 9.78. The van der Waals surface area contributed by atoms with Crippen LogP contribution in [0.15, 0.2) is 0 Å². The zero-order valence-electron chi connectivity index (χ0n) is 12.1.